The van der Waals surface area contributed by atoms with E-state index in [0.717, 1.165) is 30.1 Å². The van der Waals surface area contributed by atoms with Crippen molar-refractivity contribution in [3.8, 4) is 5.75 Å². The van der Waals surface area contributed by atoms with E-state index in [1.54, 1.807) is 7.11 Å². The summed E-state index contributed by atoms with van der Waals surface area (Å²) in [5.74, 6) is 1.06. The summed E-state index contributed by atoms with van der Waals surface area (Å²) in [6, 6.07) is 10.2. The summed E-state index contributed by atoms with van der Waals surface area (Å²) in [7, 11) is 3.79. The maximum atomic E-state index is 12.7. The maximum Gasteiger partial charge on any atom is 0.224 e. The second kappa shape index (κ2) is 7.70. The lowest BCUT2D eigenvalue weighted by molar-refractivity contribution is -0.134. The van der Waals surface area contributed by atoms with Gasteiger partial charge in [-0.25, -0.2) is 0 Å². The minimum atomic E-state index is 0.154. The molecule has 2 aromatic rings. The van der Waals surface area contributed by atoms with Crippen LogP contribution < -0.4 is 4.74 Å². The Morgan fingerprint density at radius 1 is 1.28 bits per heavy atom. The monoisotopic (exact) mass is 342 g/mol. The predicted octanol–water partition coefficient (Wildman–Crippen LogP) is 2.11. The van der Waals surface area contributed by atoms with E-state index < -0.39 is 0 Å². The Hall–Kier alpha value is -2.34. The molecule has 0 aliphatic carbocycles. The minimum absolute atomic E-state index is 0.154. The fraction of sp³-hybridized carbons (Fsp3) is 0.474. The van der Waals surface area contributed by atoms with Gasteiger partial charge in [-0.2, -0.15) is 5.10 Å². The molecule has 1 aliphatic rings. The van der Waals surface area contributed by atoms with Crippen molar-refractivity contribution in [2.75, 3.05) is 33.8 Å². The van der Waals surface area contributed by atoms with E-state index in [4.69, 9.17) is 4.74 Å². The smallest absolute Gasteiger partial charge is 0.224 e. The molecule has 25 heavy (non-hydrogen) atoms. The minimum Gasteiger partial charge on any atom is -0.496 e. The number of methoxy groups -OCH3 is 1. The molecule has 1 atom stereocenters. The van der Waals surface area contributed by atoms with Crippen molar-refractivity contribution in [2.24, 2.45) is 0 Å². The third-order valence-corrected chi connectivity index (χ3v) is 4.83. The highest BCUT2D eigenvalue weighted by Gasteiger charge is 2.29. The molecule has 0 bridgehead atoms. The molecule has 1 amide bonds. The van der Waals surface area contributed by atoms with Gasteiger partial charge in [-0.15, -0.1) is 0 Å². The quantitative estimate of drug-likeness (QED) is 0.835. The van der Waals surface area contributed by atoms with Gasteiger partial charge < -0.3 is 9.64 Å². The van der Waals surface area contributed by atoms with Crippen LogP contribution in [0.25, 0.3) is 0 Å². The van der Waals surface area contributed by atoms with Gasteiger partial charge >= 0.3 is 0 Å². The molecule has 3 rings (SSSR count). The molecule has 1 fully saturated rings. The van der Waals surface area contributed by atoms with E-state index in [1.807, 2.05) is 47.0 Å². The highest BCUT2D eigenvalue weighted by atomic mass is 16.5. The molecular weight excluding hydrogens is 316 g/mol. The zero-order valence-electron chi connectivity index (χ0n) is 15.2. The molecule has 1 aromatic carbocycles. The van der Waals surface area contributed by atoms with Gasteiger partial charge in [0.25, 0.3) is 0 Å². The third-order valence-electron chi connectivity index (χ3n) is 4.83. The van der Waals surface area contributed by atoms with Gasteiger partial charge in [-0.05, 0) is 26.1 Å². The Labute approximate surface area is 149 Å². The average Bonchev–Trinajstić information content (AvgIpc) is 3.05. The Morgan fingerprint density at radius 3 is 2.80 bits per heavy atom. The lowest BCUT2D eigenvalue weighted by Gasteiger charge is -2.40. The summed E-state index contributed by atoms with van der Waals surface area (Å²) < 4.78 is 7.34. The summed E-state index contributed by atoms with van der Waals surface area (Å²) in [6.45, 7) is 4.89. The normalized spacial score (nSPS) is 18.4. The van der Waals surface area contributed by atoms with Crippen molar-refractivity contribution in [2.45, 2.75) is 25.9 Å². The molecule has 0 saturated carbocycles. The van der Waals surface area contributed by atoms with E-state index in [2.05, 4.69) is 23.1 Å². The third kappa shape index (κ3) is 4.02. The molecule has 0 N–H and O–H groups in total. The van der Waals surface area contributed by atoms with Crippen LogP contribution in [0, 0.1) is 6.92 Å². The first-order valence-corrected chi connectivity index (χ1v) is 8.69. The summed E-state index contributed by atoms with van der Waals surface area (Å²) in [5, 5.41) is 4.35. The van der Waals surface area contributed by atoms with Crippen LogP contribution in [0.3, 0.4) is 0 Å². The summed E-state index contributed by atoms with van der Waals surface area (Å²) in [4.78, 5) is 16.9. The van der Waals surface area contributed by atoms with Gasteiger partial charge in [0.2, 0.25) is 5.91 Å². The van der Waals surface area contributed by atoms with Crippen molar-refractivity contribution in [1.29, 1.82) is 0 Å². The van der Waals surface area contributed by atoms with Crippen LogP contribution in [0.15, 0.2) is 36.5 Å². The summed E-state index contributed by atoms with van der Waals surface area (Å²) in [5.41, 5.74) is 2.11. The molecular formula is C19H26N4O2. The SMILES string of the molecule is COc1ccccc1C1CN(C(=O)CCn2ccc(C)n2)CCN1C. The van der Waals surface area contributed by atoms with Crippen molar-refractivity contribution in [3.05, 3.63) is 47.8 Å². The fourth-order valence-electron chi connectivity index (χ4n) is 3.33. The Balaban J connectivity index is 1.66. The van der Waals surface area contributed by atoms with Gasteiger partial charge in [-0.1, -0.05) is 18.2 Å². The Bertz CT molecular complexity index is 728. The van der Waals surface area contributed by atoms with E-state index in [-0.39, 0.29) is 11.9 Å². The lowest BCUT2D eigenvalue weighted by atomic mass is 10.0. The molecule has 134 valence electrons. The van der Waals surface area contributed by atoms with Crippen LogP contribution in [0.4, 0.5) is 0 Å². The number of hydrogen-bond acceptors (Lipinski definition) is 4. The van der Waals surface area contributed by atoms with Gasteiger partial charge in [0, 0.05) is 44.4 Å². The van der Waals surface area contributed by atoms with Crippen LogP contribution in [0.5, 0.6) is 5.75 Å². The van der Waals surface area contributed by atoms with Gasteiger partial charge in [0.15, 0.2) is 0 Å². The molecule has 0 radical (unpaired) electrons. The number of carbonyl (C=O) groups is 1. The Kier molecular flexibility index (Phi) is 5.38. The van der Waals surface area contributed by atoms with Crippen LogP contribution in [0.2, 0.25) is 0 Å². The molecule has 6 nitrogen and oxygen atoms in total. The topological polar surface area (TPSA) is 50.6 Å². The first-order valence-electron chi connectivity index (χ1n) is 8.69. The van der Waals surface area contributed by atoms with E-state index in [9.17, 15) is 4.79 Å². The number of hydrogen-bond donors (Lipinski definition) is 0. The van der Waals surface area contributed by atoms with Gasteiger partial charge in [-0.3, -0.25) is 14.4 Å². The van der Waals surface area contributed by atoms with Crippen LogP contribution >= 0.6 is 0 Å². The number of amides is 1. The second-order valence-electron chi connectivity index (χ2n) is 6.55. The maximum absolute atomic E-state index is 12.7. The Morgan fingerprint density at radius 2 is 2.08 bits per heavy atom. The van der Waals surface area contributed by atoms with Crippen LogP contribution in [0.1, 0.15) is 23.7 Å². The van der Waals surface area contributed by atoms with Gasteiger partial charge in [0.05, 0.1) is 18.8 Å². The summed E-state index contributed by atoms with van der Waals surface area (Å²) in [6.07, 6.45) is 2.40. The second-order valence-corrected chi connectivity index (χ2v) is 6.55. The van der Waals surface area contributed by atoms with E-state index in [0.29, 0.717) is 19.5 Å². The van der Waals surface area contributed by atoms with Crippen molar-refractivity contribution >= 4 is 5.91 Å². The molecule has 1 aliphatic heterocycles. The zero-order chi connectivity index (χ0) is 17.8. The number of para-hydroxylation sites is 1. The number of rotatable bonds is 5. The first kappa shape index (κ1) is 17.5. The number of ether oxygens (including phenoxy) is 1. The molecule has 1 unspecified atom stereocenters. The predicted molar refractivity (Wildman–Crippen MR) is 96.5 cm³/mol. The average molecular weight is 342 g/mol. The zero-order valence-corrected chi connectivity index (χ0v) is 15.2. The van der Waals surface area contributed by atoms with E-state index in [1.165, 1.54) is 0 Å². The molecule has 6 heteroatoms. The number of piperazine rings is 1. The first-order chi connectivity index (χ1) is 12.1. The lowest BCUT2D eigenvalue weighted by Crippen LogP contribution is -2.49. The molecule has 1 saturated heterocycles. The largest absolute Gasteiger partial charge is 0.496 e. The standard InChI is InChI=1S/C19H26N4O2/c1-15-8-10-23(20-15)11-9-19(24)22-13-12-21(2)17(14-22)16-6-4-5-7-18(16)25-3/h4-8,10,17H,9,11-14H2,1-3H3. The van der Waals surface area contributed by atoms with Crippen molar-refractivity contribution < 1.29 is 9.53 Å². The summed E-state index contributed by atoms with van der Waals surface area (Å²) >= 11 is 0. The van der Waals surface area contributed by atoms with E-state index >= 15 is 0 Å². The van der Waals surface area contributed by atoms with Crippen molar-refractivity contribution in [1.82, 2.24) is 19.6 Å². The number of nitrogens with zero attached hydrogens (tertiary/aromatic N) is 4. The number of aromatic nitrogens is 2. The number of benzene rings is 1. The van der Waals surface area contributed by atoms with Gasteiger partial charge in [0.1, 0.15) is 5.75 Å². The van der Waals surface area contributed by atoms with Crippen molar-refractivity contribution in [3.63, 3.8) is 0 Å². The van der Waals surface area contributed by atoms with Crippen LogP contribution in [-0.2, 0) is 11.3 Å². The number of aryl methyl sites for hydroxylation is 2. The molecule has 1 aromatic heterocycles. The number of likely N-dealkylation sites (N-methyl/N-ethyl adjacent to an activating group) is 1. The molecule has 0 spiro atoms. The highest BCUT2D eigenvalue weighted by molar-refractivity contribution is 5.76. The molecule has 2 heterocycles. The van der Waals surface area contributed by atoms with Crippen LogP contribution in [-0.4, -0.2) is 59.3 Å². The fourth-order valence-corrected chi connectivity index (χ4v) is 3.33. The number of carbonyl (C=O) groups excluding carboxylic acids is 1. The highest BCUT2D eigenvalue weighted by Crippen LogP contribution is 2.31.